The standard InChI is InChI=1S/C24H24N4O3/c29-23(25-15-20-6-4-14-31-20)17-9-11-18(12-10-17)26-24(30)28-16-19-5-3-13-27(19)21-7-1-2-8-22(21)28/h1-2,4,6-12,14,19H,3,5,13,15-16H2,(H,25,29)(H,26,30)/t19-/m1/s1. The second-order valence-electron chi connectivity index (χ2n) is 7.86. The maximum Gasteiger partial charge on any atom is 0.326 e. The summed E-state index contributed by atoms with van der Waals surface area (Å²) in [7, 11) is 0. The maximum absolute atomic E-state index is 13.1. The van der Waals surface area contributed by atoms with Crippen LogP contribution in [0.1, 0.15) is 29.0 Å². The average molecular weight is 416 g/mol. The van der Waals surface area contributed by atoms with Gasteiger partial charge in [-0.25, -0.2) is 4.79 Å². The number of nitrogens with zero attached hydrogens (tertiary/aromatic N) is 2. The predicted octanol–water partition coefficient (Wildman–Crippen LogP) is 4.23. The van der Waals surface area contributed by atoms with E-state index in [2.05, 4.69) is 21.6 Å². The number of urea groups is 1. The fourth-order valence-electron chi connectivity index (χ4n) is 4.36. The van der Waals surface area contributed by atoms with Crippen molar-refractivity contribution in [1.82, 2.24) is 5.32 Å². The minimum absolute atomic E-state index is 0.158. The van der Waals surface area contributed by atoms with Crippen LogP contribution in [0.2, 0.25) is 0 Å². The quantitative estimate of drug-likeness (QED) is 0.667. The third-order valence-corrected chi connectivity index (χ3v) is 5.90. The normalized spacial score (nSPS) is 17.1. The van der Waals surface area contributed by atoms with Gasteiger partial charge >= 0.3 is 6.03 Å². The van der Waals surface area contributed by atoms with Crippen LogP contribution in [0.15, 0.2) is 71.3 Å². The molecule has 31 heavy (non-hydrogen) atoms. The Morgan fingerprint density at radius 3 is 2.58 bits per heavy atom. The van der Waals surface area contributed by atoms with Crippen molar-refractivity contribution < 1.29 is 14.0 Å². The van der Waals surface area contributed by atoms with E-state index in [1.807, 2.05) is 29.2 Å². The van der Waals surface area contributed by atoms with Gasteiger partial charge in [-0.1, -0.05) is 12.1 Å². The Morgan fingerprint density at radius 1 is 1.00 bits per heavy atom. The van der Waals surface area contributed by atoms with Crippen molar-refractivity contribution in [3.05, 3.63) is 78.3 Å². The number of furan rings is 1. The van der Waals surface area contributed by atoms with Gasteiger partial charge in [0, 0.05) is 30.4 Å². The van der Waals surface area contributed by atoms with Crippen LogP contribution in [-0.4, -0.2) is 31.1 Å². The van der Waals surface area contributed by atoms with Crippen molar-refractivity contribution in [3.8, 4) is 0 Å². The summed E-state index contributed by atoms with van der Waals surface area (Å²) >= 11 is 0. The van der Waals surface area contributed by atoms with Crippen LogP contribution in [0.5, 0.6) is 0 Å². The van der Waals surface area contributed by atoms with Crippen LogP contribution in [-0.2, 0) is 6.54 Å². The van der Waals surface area contributed by atoms with Crippen LogP contribution in [0.3, 0.4) is 0 Å². The van der Waals surface area contributed by atoms with Gasteiger partial charge in [0.1, 0.15) is 5.76 Å². The molecule has 0 radical (unpaired) electrons. The largest absolute Gasteiger partial charge is 0.467 e. The first-order valence-electron chi connectivity index (χ1n) is 10.5. The number of benzene rings is 2. The van der Waals surface area contributed by atoms with Crippen LogP contribution in [0.4, 0.5) is 21.9 Å². The van der Waals surface area contributed by atoms with Crippen molar-refractivity contribution in [2.45, 2.75) is 25.4 Å². The van der Waals surface area contributed by atoms with Gasteiger partial charge in [-0.2, -0.15) is 0 Å². The molecule has 0 aliphatic carbocycles. The van der Waals surface area contributed by atoms with Gasteiger partial charge in [-0.3, -0.25) is 9.69 Å². The number of rotatable bonds is 4. The molecular formula is C24H24N4O3. The van der Waals surface area contributed by atoms with Crippen molar-refractivity contribution in [3.63, 3.8) is 0 Å². The van der Waals surface area contributed by atoms with Gasteiger partial charge in [0.25, 0.3) is 5.91 Å². The van der Waals surface area contributed by atoms with E-state index in [0.29, 0.717) is 36.1 Å². The third-order valence-electron chi connectivity index (χ3n) is 5.90. The number of hydrogen-bond acceptors (Lipinski definition) is 4. The Hall–Kier alpha value is -3.74. The smallest absolute Gasteiger partial charge is 0.326 e. The molecule has 1 saturated heterocycles. The van der Waals surface area contributed by atoms with E-state index in [1.54, 1.807) is 36.6 Å². The topological polar surface area (TPSA) is 77.8 Å². The third kappa shape index (κ3) is 3.86. The second-order valence-corrected chi connectivity index (χ2v) is 7.86. The zero-order valence-corrected chi connectivity index (χ0v) is 17.1. The Labute approximate surface area is 180 Å². The van der Waals surface area contributed by atoms with E-state index in [9.17, 15) is 9.59 Å². The van der Waals surface area contributed by atoms with Crippen LogP contribution >= 0.6 is 0 Å². The molecule has 0 unspecified atom stereocenters. The van der Waals surface area contributed by atoms with Gasteiger partial charge in [-0.15, -0.1) is 0 Å². The Kier molecular flexibility index (Phi) is 5.08. The number of hydrogen-bond donors (Lipinski definition) is 2. The predicted molar refractivity (Wildman–Crippen MR) is 119 cm³/mol. The van der Waals surface area contributed by atoms with Gasteiger partial charge < -0.3 is 20.0 Å². The lowest BCUT2D eigenvalue weighted by atomic mass is 10.1. The minimum atomic E-state index is -0.194. The maximum atomic E-state index is 13.1. The summed E-state index contributed by atoms with van der Waals surface area (Å²) in [6.45, 7) is 2.05. The Bertz CT molecular complexity index is 1080. The number of anilines is 3. The summed E-state index contributed by atoms with van der Waals surface area (Å²) < 4.78 is 5.22. The number of amides is 3. The molecule has 7 heteroatoms. The molecule has 2 aliphatic heterocycles. The van der Waals surface area contributed by atoms with E-state index in [4.69, 9.17) is 4.42 Å². The number of para-hydroxylation sites is 2. The lowest BCUT2D eigenvalue weighted by molar-refractivity contribution is 0.0948. The van der Waals surface area contributed by atoms with Gasteiger partial charge in [0.2, 0.25) is 0 Å². The fourth-order valence-corrected chi connectivity index (χ4v) is 4.36. The number of carbonyl (C=O) groups is 2. The number of nitrogens with one attached hydrogen (secondary N) is 2. The highest BCUT2D eigenvalue weighted by Gasteiger charge is 2.36. The van der Waals surface area contributed by atoms with Crippen LogP contribution < -0.4 is 20.4 Å². The molecule has 0 saturated carbocycles. The first-order chi connectivity index (χ1) is 15.2. The molecule has 7 nitrogen and oxygen atoms in total. The van der Waals surface area contributed by atoms with E-state index >= 15 is 0 Å². The molecule has 2 aliphatic rings. The first-order valence-corrected chi connectivity index (χ1v) is 10.5. The van der Waals surface area contributed by atoms with Crippen molar-refractivity contribution in [1.29, 1.82) is 0 Å². The molecule has 2 aromatic carbocycles. The summed E-state index contributed by atoms with van der Waals surface area (Å²) in [5.41, 5.74) is 3.23. The van der Waals surface area contributed by atoms with Crippen LogP contribution in [0.25, 0.3) is 0 Å². The first kappa shape index (κ1) is 19.2. The average Bonchev–Trinajstić information content (AvgIpc) is 3.49. The molecule has 158 valence electrons. The summed E-state index contributed by atoms with van der Waals surface area (Å²) in [5.74, 6) is 0.500. The number of fused-ring (bicyclic) bond motifs is 3. The highest BCUT2D eigenvalue weighted by Crippen LogP contribution is 2.39. The van der Waals surface area contributed by atoms with E-state index in [1.165, 1.54) is 0 Å². The molecular weight excluding hydrogens is 392 g/mol. The molecule has 1 aromatic heterocycles. The molecule has 3 amide bonds. The Balaban J connectivity index is 1.25. The summed E-state index contributed by atoms with van der Waals surface area (Å²) in [6, 6.07) is 18.8. The van der Waals surface area contributed by atoms with Gasteiger partial charge in [0.15, 0.2) is 0 Å². The monoisotopic (exact) mass is 416 g/mol. The second kappa shape index (κ2) is 8.18. The van der Waals surface area contributed by atoms with Crippen molar-refractivity contribution in [2.75, 3.05) is 28.2 Å². The molecule has 0 spiro atoms. The van der Waals surface area contributed by atoms with Crippen LogP contribution in [0, 0.1) is 0 Å². The summed E-state index contributed by atoms with van der Waals surface area (Å²) in [4.78, 5) is 29.6. The zero-order valence-electron chi connectivity index (χ0n) is 17.1. The fraction of sp³-hybridized carbons (Fsp3) is 0.250. The molecule has 0 bridgehead atoms. The Morgan fingerprint density at radius 2 is 1.81 bits per heavy atom. The van der Waals surface area contributed by atoms with E-state index < -0.39 is 0 Å². The lowest BCUT2D eigenvalue weighted by Gasteiger charge is -2.40. The molecule has 3 heterocycles. The molecule has 5 rings (SSSR count). The molecule has 1 atom stereocenters. The summed E-state index contributed by atoms with van der Waals surface area (Å²) in [6.07, 6.45) is 3.82. The molecule has 1 fully saturated rings. The van der Waals surface area contributed by atoms with Crippen molar-refractivity contribution >= 4 is 29.0 Å². The highest BCUT2D eigenvalue weighted by molar-refractivity contribution is 6.05. The van der Waals surface area contributed by atoms with Gasteiger partial charge in [-0.05, 0) is 61.4 Å². The van der Waals surface area contributed by atoms with Crippen molar-refractivity contribution in [2.24, 2.45) is 0 Å². The molecule has 2 N–H and O–H groups in total. The summed E-state index contributed by atoms with van der Waals surface area (Å²) in [5, 5.41) is 5.79. The van der Waals surface area contributed by atoms with Gasteiger partial charge in [0.05, 0.1) is 24.2 Å². The minimum Gasteiger partial charge on any atom is -0.467 e. The number of carbonyl (C=O) groups excluding carboxylic acids is 2. The molecule has 3 aromatic rings. The SMILES string of the molecule is O=C(NCc1ccco1)c1ccc(NC(=O)N2C[C@H]3CCCN3c3ccccc32)cc1. The van der Waals surface area contributed by atoms with E-state index in [-0.39, 0.29) is 11.9 Å². The lowest BCUT2D eigenvalue weighted by Crippen LogP contribution is -2.49. The van der Waals surface area contributed by atoms with E-state index in [0.717, 1.165) is 30.8 Å². The highest BCUT2D eigenvalue weighted by atomic mass is 16.3. The zero-order chi connectivity index (χ0) is 21.2.